The number of benzene rings is 8. The lowest BCUT2D eigenvalue weighted by Gasteiger charge is -2.22. The number of nitrogens with zero attached hydrogens (tertiary/aromatic N) is 3. The van der Waals surface area contributed by atoms with Crippen molar-refractivity contribution in [1.82, 2.24) is 15.4 Å². The number of fused-ring (bicyclic) bond motifs is 6. The molecule has 10 aromatic rings. The SMILES string of the molecule is Cc1cc2c(c(-c3ccc4oc5ccccc5c4c3-c3ccccc3-c3nnnc(-c4ccccc4)c3-c3ccccc3-c3ccccc3)c1C)Cc1ccccc1-2. The Morgan fingerprint density at radius 3 is 1.81 bits per heavy atom. The van der Waals surface area contributed by atoms with Gasteiger partial charge in [0.25, 0.3) is 0 Å². The van der Waals surface area contributed by atoms with E-state index in [0.29, 0.717) is 0 Å². The molecular weight excluding hydrogens is 707 g/mol. The van der Waals surface area contributed by atoms with Crippen LogP contribution < -0.4 is 0 Å². The number of rotatable bonds is 6. The second kappa shape index (κ2) is 13.6. The summed E-state index contributed by atoms with van der Waals surface area (Å²) >= 11 is 0. The maximum atomic E-state index is 6.65. The van der Waals surface area contributed by atoms with Crippen molar-refractivity contribution in [2.45, 2.75) is 20.3 Å². The third-order valence-corrected chi connectivity index (χ3v) is 12.0. The quantitative estimate of drug-likeness (QED) is 0.170. The van der Waals surface area contributed by atoms with Gasteiger partial charge in [0.2, 0.25) is 0 Å². The van der Waals surface area contributed by atoms with Gasteiger partial charge >= 0.3 is 0 Å². The zero-order valence-corrected chi connectivity index (χ0v) is 32.2. The van der Waals surface area contributed by atoms with Crippen molar-refractivity contribution in [3.8, 4) is 78.1 Å². The Morgan fingerprint density at radius 1 is 0.431 bits per heavy atom. The number of aromatic nitrogens is 3. The summed E-state index contributed by atoms with van der Waals surface area (Å²) in [6.45, 7) is 4.52. The number of hydrogen-bond donors (Lipinski definition) is 0. The van der Waals surface area contributed by atoms with Crippen molar-refractivity contribution in [3.05, 3.63) is 198 Å². The van der Waals surface area contributed by atoms with Crippen LogP contribution >= 0.6 is 0 Å². The van der Waals surface area contributed by atoms with Crippen molar-refractivity contribution in [1.29, 1.82) is 0 Å². The van der Waals surface area contributed by atoms with E-state index < -0.39 is 0 Å². The third kappa shape index (κ3) is 5.33. The predicted octanol–water partition coefficient (Wildman–Crippen LogP) is 14.0. The van der Waals surface area contributed by atoms with E-state index in [0.717, 1.165) is 84.3 Å². The average molecular weight is 744 g/mol. The van der Waals surface area contributed by atoms with Crippen LogP contribution in [0.3, 0.4) is 0 Å². The van der Waals surface area contributed by atoms with E-state index >= 15 is 0 Å². The van der Waals surface area contributed by atoms with E-state index in [1.54, 1.807) is 0 Å². The molecule has 0 amide bonds. The van der Waals surface area contributed by atoms with Crippen LogP contribution in [0.1, 0.15) is 22.3 Å². The summed E-state index contributed by atoms with van der Waals surface area (Å²) in [5, 5.41) is 16.5. The molecular formula is C54H37N3O. The fourth-order valence-electron chi connectivity index (χ4n) is 9.23. The first-order valence-corrected chi connectivity index (χ1v) is 19.8. The van der Waals surface area contributed by atoms with E-state index in [1.165, 1.54) is 44.5 Å². The summed E-state index contributed by atoms with van der Waals surface area (Å²) in [7, 11) is 0. The second-order valence-corrected chi connectivity index (χ2v) is 15.2. The molecule has 8 aromatic carbocycles. The molecule has 58 heavy (non-hydrogen) atoms. The molecule has 0 unspecified atom stereocenters. The molecule has 2 aromatic heterocycles. The Morgan fingerprint density at radius 2 is 1.03 bits per heavy atom. The molecule has 274 valence electrons. The highest BCUT2D eigenvalue weighted by Gasteiger charge is 2.29. The zero-order chi connectivity index (χ0) is 38.7. The summed E-state index contributed by atoms with van der Waals surface area (Å²) in [6, 6.07) is 62.2. The van der Waals surface area contributed by atoms with Gasteiger partial charge in [0, 0.05) is 33.0 Å². The van der Waals surface area contributed by atoms with Crippen LogP contribution in [0.5, 0.6) is 0 Å². The van der Waals surface area contributed by atoms with E-state index in [1.807, 2.05) is 12.1 Å². The monoisotopic (exact) mass is 743 g/mol. The minimum Gasteiger partial charge on any atom is -0.456 e. The van der Waals surface area contributed by atoms with Gasteiger partial charge in [-0.2, -0.15) is 0 Å². The molecule has 1 aliphatic rings. The molecule has 0 bridgehead atoms. The van der Waals surface area contributed by atoms with Gasteiger partial charge in [-0.3, -0.25) is 0 Å². The van der Waals surface area contributed by atoms with Crippen molar-refractivity contribution < 1.29 is 4.42 Å². The minimum absolute atomic E-state index is 0.766. The number of para-hydroxylation sites is 1. The molecule has 4 nitrogen and oxygen atoms in total. The molecule has 0 atom stereocenters. The largest absolute Gasteiger partial charge is 0.456 e. The first kappa shape index (κ1) is 33.9. The summed E-state index contributed by atoms with van der Waals surface area (Å²) in [5.41, 5.74) is 21.9. The maximum absolute atomic E-state index is 6.65. The molecule has 1 aliphatic carbocycles. The van der Waals surface area contributed by atoms with E-state index in [-0.39, 0.29) is 0 Å². The van der Waals surface area contributed by atoms with Crippen molar-refractivity contribution >= 4 is 21.9 Å². The van der Waals surface area contributed by atoms with Crippen molar-refractivity contribution in [2.75, 3.05) is 0 Å². The van der Waals surface area contributed by atoms with Crippen LogP contribution in [-0.2, 0) is 6.42 Å². The molecule has 0 saturated heterocycles. The van der Waals surface area contributed by atoms with Gasteiger partial charge in [-0.05, 0) is 110 Å². The van der Waals surface area contributed by atoms with Gasteiger partial charge in [0.1, 0.15) is 22.6 Å². The summed E-state index contributed by atoms with van der Waals surface area (Å²) in [4.78, 5) is 0. The Labute approximate surface area is 337 Å². The standard InChI is InChI=1S/C54H37N3O/c1-33-31-45-39-23-10-9-21-37(39)32-46(45)49(34(33)2)44-29-30-48-51(43-27-15-16-28-47(43)58-48)50(44)41-25-13-14-26-42(41)54-52(53(55-57-56-54)36-19-7-4-8-20-36)40-24-12-11-22-38(40)35-17-5-3-6-18-35/h3-31H,32H2,1-2H3. The van der Waals surface area contributed by atoms with Gasteiger partial charge in [-0.15, -0.1) is 10.2 Å². The highest BCUT2D eigenvalue weighted by Crippen LogP contribution is 2.52. The fraction of sp³-hybridized carbons (Fsp3) is 0.0556. The van der Waals surface area contributed by atoms with Gasteiger partial charge < -0.3 is 4.42 Å². The smallest absolute Gasteiger partial charge is 0.136 e. The highest BCUT2D eigenvalue weighted by atomic mass is 16.3. The van der Waals surface area contributed by atoms with Crippen LogP contribution in [0.4, 0.5) is 0 Å². The molecule has 2 heterocycles. The number of furan rings is 1. The average Bonchev–Trinajstić information content (AvgIpc) is 3.85. The number of hydrogen-bond acceptors (Lipinski definition) is 4. The Balaban J connectivity index is 1.26. The fourth-order valence-corrected chi connectivity index (χ4v) is 9.23. The predicted molar refractivity (Wildman–Crippen MR) is 237 cm³/mol. The van der Waals surface area contributed by atoms with Gasteiger partial charge in [0.15, 0.2) is 0 Å². The lowest BCUT2D eigenvalue weighted by atomic mass is 9.81. The Bertz CT molecular complexity index is 3220. The summed E-state index contributed by atoms with van der Waals surface area (Å²) < 4.78 is 6.65. The van der Waals surface area contributed by atoms with Crippen molar-refractivity contribution in [2.24, 2.45) is 0 Å². The van der Waals surface area contributed by atoms with Crippen LogP contribution in [0.25, 0.3) is 100 Å². The van der Waals surface area contributed by atoms with Gasteiger partial charge in [-0.25, -0.2) is 0 Å². The van der Waals surface area contributed by atoms with Crippen molar-refractivity contribution in [3.63, 3.8) is 0 Å². The van der Waals surface area contributed by atoms with Crippen LogP contribution in [-0.4, -0.2) is 15.4 Å². The molecule has 0 fully saturated rings. The molecule has 0 aliphatic heterocycles. The third-order valence-electron chi connectivity index (χ3n) is 12.0. The minimum atomic E-state index is 0.766. The van der Waals surface area contributed by atoms with Gasteiger partial charge in [-0.1, -0.05) is 158 Å². The lowest BCUT2D eigenvalue weighted by Crippen LogP contribution is -2.03. The molecule has 0 radical (unpaired) electrons. The summed E-state index contributed by atoms with van der Waals surface area (Å²) in [6.07, 6.45) is 0.879. The van der Waals surface area contributed by atoms with Crippen LogP contribution in [0.2, 0.25) is 0 Å². The van der Waals surface area contributed by atoms with E-state index in [9.17, 15) is 0 Å². The normalized spacial score (nSPS) is 11.9. The number of aryl methyl sites for hydroxylation is 1. The first-order chi connectivity index (χ1) is 28.6. The molecule has 11 rings (SSSR count). The molecule has 0 N–H and O–H groups in total. The van der Waals surface area contributed by atoms with Gasteiger partial charge in [0.05, 0.1) is 0 Å². The maximum Gasteiger partial charge on any atom is 0.136 e. The van der Waals surface area contributed by atoms with Crippen LogP contribution in [0.15, 0.2) is 180 Å². The molecule has 0 saturated carbocycles. The Kier molecular flexibility index (Phi) is 7.97. The van der Waals surface area contributed by atoms with Crippen LogP contribution in [0, 0.1) is 13.8 Å². The topological polar surface area (TPSA) is 51.8 Å². The van der Waals surface area contributed by atoms with E-state index in [2.05, 4.69) is 183 Å². The molecule has 4 heteroatoms. The summed E-state index contributed by atoms with van der Waals surface area (Å²) in [5.74, 6) is 0. The second-order valence-electron chi connectivity index (χ2n) is 15.2. The highest BCUT2D eigenvalue weighted by molar-refractivity contribution is 6.18. The van der Waals surface area contributed by atoms with E-state index in [4.69, 9.17) is 14.6 Å². The lowest BCUT2D eigenvalue weighted by molar-refractivity contribution is 0.669. The molecule has 0 spiro atoms. The Hall–Kier alpha value is -7.43. The zero-order valence-electron chi connectivity index (χ0n) is 32.2. The first-order valence-electron chi connectivity index (χ1n) is 19.8.